The number of benzene rings is 1. The van der Waals surface area contributed by atoms with Gasteiger partial charge in [-0.2, -0.15) is 0 Å². The van der Waals surface area contributed by atoms with Gasteiger partial charge in [-0.15, -0.1) is 0 Å². The molecule has 1 aromatic carbocycles. The molecule has 5 heteroatoms. The maximum Gasteiger partial charge on any atom is 0.270 e. The Morgan fingerprint density at radius 1 is 1.20 bits per heavy atom. The topological polar surface area (TPSA) is 67.0 Å². The molecule has 1 unspecified atom stereocenters. The van der Waals surface area contributed by atoms with Gasteiger partial charge in [0.15, 0.2) is 0 Å². The number of nitrogens with one attached hydrogen (secondary N) is 2. The minimum atomic E-state index is -0.670. The zero-order chi connectivity index (χ0) is 13.5. The van der Waals surface area contributed by atoms with Crippen molar-refractivity contribution in [3.05, 3.63) is 54.4 Å². The molecule has 0 aliphatic carbocycles. The van der Waals surface area contributed by atoms with E-state index >= 15 is 0 Å². The van der Waals surface area contributed by atoms with Crippen LogP contribution in [0.4, 0.5) is 5.69 Å². The van der Waals surface area contributed by atoms with Gasteiger partial charge in [0.1, 0.15) is 11.4 Å². The molecule has 0 fully saturated rings. The number of nitrogens with zero attached hydrogens (tertiary/aromatic N) is 1. The molecule has 0 saturated heterocycles. The Labute approximate surface area is 114 Å². The number of aromatic amines is 1. The molecule has 3 aromatic rings. The van der Waals surface area contributed by atoms with Gasteiger partial charge in [0, 0.05) is 23.3 Å². The highest BCUT2D eigenvalue weighted by molar-refractivity contribution is 5.98. The lowest BCUT2D eigenvalue weighted by Gasteiger charge is -2.25. The van der Waals surface area contributed by atoms with Crippen LogP contribution in [0.15, 0.2) is 48.8 Å². The third-order valence-electron chi connectivity index (χ3n) is 3.35. The maximum absolute atomic E-state index is 12.2. The van der Waals surface area contributed by atoms with Crippen LogP contribution in [0.25, 0.3) is 11.0 Å². The second-order valence-electron chi connectivity index (χ2n) is 4.67. The lowest BCUT2D eigenvalue weighted by atomic mass is 10.1. The molecule has 0 radical (unpaired) electrons. The number of para-hydroxylation sites is 2. The van der Waals surface area contributed by atoms with Crippen LogP contribution in [-0.2, 0) is 4.79 Å². The molecule has 2 aromatic heterocycles. The Hall–Kier alpha value is -2.82. The molecule has 20 heavy (non-hydrogen) atoms. The van der Waals surface area contributed by atoms with Crippen molar-refractivity contribution < 1.29 is 9.53 Å². The Kier molecular flexibility index (Phi) is 2.26. The van der Waals surface area contributed by atoms with Crippen LogP contribution in [-0.4, -0.2) is 15.9 Å². The number of pyridine rings is 1. The second kappa shape index (κ2) is 4.09. The Bertz CT molecular complexity index is 809. The van der Waals surface area contributed by atoms with Crippen molar-refractivity contribution in [2.75, 3.05) is 5.32 Å². The smallest absolute Gasteiger partial charge is 0.270 e. The number of amides is 1. The monoisotopic (exact) mass is 265 g/mol. The third kappa shape index (κ3) is 1.64. The number of hydrogen-bond donors (Lipinski definition) is 2. The molecule has 2 N–H and O–H groups in total. The lowest BCUT2D eigenvalue weighted by Crippen LogP contribution is -2.30. The summed E-state index contributed by atoms with van der Waals surface area (Å²) in [5.41, 5.74) is 2.24. The number of hydrogen-bond acceptors (Lipinski definition) is 3. The average Bonchev–Trinajstić information content (AvgIpc) is 2.94. The van der Waals surface area contributed by atoms with Gasteiger partial charge in [0.2, 0.25) is 6.10 Å². The lowest BCUT2D eigenvalue weighted by molar-refractivity contribution is -0.123. The summed E-state index contributed by atoms with van der Waals surface area (Å²) in [6, 6.07) is 11.2. The number of ether oxygens (including phenoxy) is 1. The highest BCUT2D eigenvalue weighted by Crippen LogP contribution is 2.34. The maximum atomic E-state index is 12.2. The highest BCUT2D eigenvalue weighted by atomic mass is 16.5. The molecule has 4 rings (SSSR count). The van der Waals surface area contributed by atoms with E-state index in [-0.39, 0.29) is 5.91 Å². The van der Waals surface area contributed by atoms with E-state index in [9.17, 15) is 4.79 Å². The fourth-order valence-corrected chi connectivity index (χ4v) is 2.37. The summed E-state index contributed by atoms with van der Waals surface area (Å²) >= 11 is 0. The number of carbonyl (C=O) groups is 1. The first-order chi connectivity index (χ1) is 9.81. The van der Waals surface area contributed by atoms with E-state index in [1.807, 2.05) is 42.6 Å². The standard InChI is InChI=1S/C15H11N3O2/c19-15-13(20-12-4-2-1-3-11(12)18-15)10-7-9-5-6-16-14(9)17-8-10/h1-8,13H,(H,16,17)(H,18,19). The molecule has 5 nitrogen and oxygen atoms in total. The number of aromatic nitrogens is 2. The normalized spacial score (nSPS) is 17.4. The second-order valence-corrected chi connectivity index (χ2v) is 4.67. The largest absolute Gasteiger partial charge is 0.474 e. The zero-order valence-corrected chi connectivity index (χ0v) is 10.5. The molecule has 1 aliphatic heterocycles. The van der Waals surface area contributed by atoms with Crippen LogP contribution in [0.3, 0.4) is 0 Å². The van der Waals surface area contributed by atoms with Crippen LogP contribution in [0.2, 0.25) is 0 Å². The molecule has 0 bridgehead atoms. The van der Waals surface area contributed by atoms with Gasteiger partial charge in [0.05, 0.1) is 5.69 Å². The average molecular weight is 265 g/mol. The number of fused-ring (bicyclic) bond motifs is 2. The predicted molar refractivity (Wildman–Crippen MR) is 74.5 cm³/mol. The Balaban J connectivity index is 1.76. The molecule has 1 atom stereocenters. The summed E-state index contributed by atoms with van der Waals surface area (Å²) in [4.78, 5) is 19.5. The van der Waals surface area contributed by atoms with E-state index in [1.165, 1.54) is 0 Å². The fraction of sp³-hybridized carbons (Fsp3) is 0.0667. The van der Waals surface area contributed by atoms with Crippen LogP contribution in [0.5, 0.6) is 5.75 Å². The quantitative estimate of drug-likeness (QED) is 0.710. The van der Waals surface area contributed by atoms with Gasteiger partial charge in [0.25, 0.3) is 5.91 Å². The van der Waals surface area contributed by atoms with Crippen LogP contribution in [0, 0.1) is 0 Å². The number of H-pyrrole nitrogens is 1. The van der Waals surface area contributed by atoms with Gasteiger partial charge in [-0.1, -0.05) is 12.1 Å². The van der Waals surface area contributed by atoms with Gasteiger partial charge in [-0.3, -0.25) is 4.79 Å². The van der Waals surface area contributed by atoms with E-state index in [1.54, 1.807) is 6.20 Å². The molecule has 0 saturated carbocycles. The summed E-state index contributed by atoms with van der Waals surface area (Å²) in [5.74, 6) is 0.492. The van der Waals surface area contributed by atoms with Gasteiger partial charge in [-0.05, 0) is 24.3 Å². The summed E-state index contributed by atoms with van der Waals surface area (Å²) in [6.07, 6.45) is 2.81. The van der Waals surface area contributed by atoms with E-state index in [4.69, 9.17) is 4.74 Å². The van der Waals surface area contributed by atoms with Gasteiger partial charge in [-0.25, -0.2) is 4.98 Å². The highest BCUT2D eigenvalue weighted by Gasteiger charge is 2.29. The van der Waals surface area contributed by atoms with Crippen LogP contribution in [0.1, 0.15) is 11.7 Å². The summed E-state index contributed by atoms with van der Waals surface area (Å²) in [6.45, 7) is 0. The van der Waals surface area contributed by atoms with E-state index in [2.05, 4.69) is 15.3 Å². The fourth-order valence-electron chi connectivity index (χ4n) is 2.37. The molecule has 3 heterocycles. The Morgan fingerprint density at radius 2 is 2.10 bits per heavy atom. The predicted octanol–water partition coefficient (Wildman–Crippen LogP) is 2.64. The molecular formula is C15H11N3O2. The summed E-state index contributed by atoms with van der Waals surface area (Å²) < 4.78 is 5.79. The first kappa shape index (κ1) is 11.0. The third-order valence-corrected chi connectivity index (χ3v) is 3.35. The van der Waals surface area contributed by atoms with E-state index in [0.29, 0.717) is 11.4 Å². The SMILES string of the molecule is O=C1Nc2ccccc2OC1c1cnc2[nH]ccc2c1. The van der Waals surface area contributed by atoms with Crippen molar-refractivity contribution in [2.45, 2.75) is 6.10 Å². The minimum absolute atomic E-state index is 0.180. The first-order valence-corrected chi connectivity index (χ1v) is 6.31. The molecule has 1 amide bonds. The molecular weight excluding hydrogens is 254 g/mol. The van der Waals surface area contributed by atoms with Crippen molar-refractivity contribution >= 4 is 22.6 Å². The summed E-state index contributed by atoms with van der Waals surface area (Å²) in [5, 5.41) is 3.81. The van der Waals surface area contributed by atoms with Crippen molar-refractivity contribution in [2.24, 2.45) is 0 Å². The van der Waals surface area contributed by atoms with Crippen molar-refractivity contribution in [1.82, 2.24) is 9.97 Å². The van der Waals surface area contributed by atoms with Crippen LogP contribution >= 0.6 is 0 Å². The molecule has 98 valence electrons. The van der Waals surface area contributed by atoms with Gasteiger partial charge < -0.3 is 15.0 Å². The summed E-state index contributed by atoms with van der Waals surface area (Å²) in [7, 11) is 0. The van der Waals surface area contributed by atoms with E-state index < -0.39 is 6.10 Å². The minimum Gasteiger partial charge on any atom is -0.474 e. The number of carbonyl (C=O) groups excluding carboxylic acids is 1. The van der Waals surface area contributed by atoms with Crippen molar-refractivity contribution in [1.29, 1.82) is 0 Å². The first-order valence-electron chi connectivity index (χ1n) is 6.31. The van der Waals surface area contributed by atoms with Crippen LogP contribution < -0.4 is 10.1 Å². The van der Waals surface area contributed by atoms with Crippen molar-refractivity contribution in [3.63, 3.8) is 0 Å². The molecule has 1 aliphatic rings. The van der Waals surface area contributed by atoms with Gasteiger partial charge >= 0.3 is 0 Å². The molecule has 0 spiro atoms. The zero-order valence-electron chi connectivity index (χ0n) is 10.5. The number of anilines is 1. The van der Waals surface area contributed by atoms with Crippen molar-refractivity contribution in [3.8, 4) is 5.75 Å². The number of rotatable bonds is 1. The van der Waals surface area contributed by atoms with E-state index in [0.717, 1.165) is 16.6 Å². The Morgan fingerprint density at radius 3 is 3.05 bits per heavy atom.